The van der Waals surface area contributed by atoms with E-state index in [1.54, 1.807) is 0 Å². The van der Waals surface area contributed by atoms with E-state index in [0.717, 1.165) is 16.8 Å². The number of carbonyl (C=O) groups is 3. The third-order valence-corrected chi connectivity index (χ3v) is 5.47. The Morgan fingerprint density at radius 1 is 0.780 bits per heavy atom. The van der Waals surface area contributed by atoms with Crippen molar-refractivity contribution in [3.05, 3.63) is 113 Å². The van der Waals surface area contributed by atoms with E-state index in [4.69, 9.17) is 15.3 Å². The second-order valence-electron chi connectivity index (χ2n) is 8.44. The lowest BCUT2D eigenvalue weighted by atomic mass is 9.95. The van der Waals surface area contributed by atoms with Gasteiger partial charge in [0.1, 0.15) is 5.82 Å². The van der Waals surface area contributed by atoms with Crippen LogP contribution in [0.1, 0.15) is 42.2 Å². The number of nitrogens with zero attached hydrogens (tertiary/aromatic N) is 1. The number of aromatic nitrogens is 1. The zero-order valence-corrected chi connectivity index (χ0v) is 22.0. The van der Waals surface area contributed by atoms with Crippen LogP contribution >= 0.6 is 0 Å². The monoisotopic (exact) mass is 574 g/mol. The SMILES string of the molecule is CNC.Cc1c(C(=O)O)cc(-c2ccc(F)cc2)cc1C(=O)O.O=C(O)c1ccn(-c2ccccc2C(F)(F)F)c1. The van der Waals surface area contributed by atoms with Crippen LogP contribution < -0.4 is 5.32 Å². The molecule has 0 saturated heterocycles. The molecule has 216 valence electrons. The van der Waals surface area contributed by atoms with Gasteiger partial charge in [-0.15, -0.1) is 0 Å². The summed E-state index contributed by atoms with van der Waals surface area (Å²) >= 11 is 0. The van der Waals surface area contributed by atoms with Gasteiger partial charge in [0.05, 0.1) is 27.9 Å². The number of alkyl halides is 3. The predicted molar refractivity (Wildman–Crippen MR) is 143 cm³/mol. The Balaban J connectivity index is 0.000000263. The highest BCUT2D eigenvalue weighted by molar-refractivity contribution is 5.98. The fourth-order valence-corrected chi connectivity index (χ4v) is 3.58. The lowest BCUT2D eigenvalue weighted by Crippen LogP contribution is -2.09. The van der Waals surface area contributed by atoms with Gasteiger partial charge < -0.3 is 25.2 Å². The van der Waals surface area contributed by atoms with Gasteiger partial charge in [-0.1, -0.05) is 24.3 Å². The van der Waals surface area contributed by atoms with E-state index in [-0.39, 0.29) is 27.9 Å². The normalized spacial score (nSPS) is 10.5. The van der Waals surface area contributed by atoms with Crippen LogP contribution in [0.3, 0.4) is 0 Å². The van der Waals surface area contributed by atoms with Crippen LogP contribution in [0.4, 0.5) is 17.6 Å². The summed E-state index contributed by atoms with van der Waals surface area (Å²) in [4.78, 5) is 33.1. The molecule has 0 fully saturated rings. The summed E-state index contributed by atoms with van der Waals surface area (Å²) in [6, 6.07) is 14.4. The molecule has 0 unspecified atom stereocenters. The highest BCUT2D eigenvalue weighted by Gasteiger charge is 2.33. The Morgan fingerprint density at radius 2 is 1.29 bits per heavy atom. The Hall–Kier alpha value is -4.97. The van der Waals surface area contributed by atoms with Crippen LogP contribution in [0, 0.1) is 12.7 Å². The molecule has 3 aromatic carbocycles. The van der Waals surface area contributed by atoms with Crippen LogP contribution in [0.15, 0.2) is 79.1 Å². The van der Waals surface area contributed by atoms with Gasteiger partial charge in [-0.25, -0.2) is 18.8 Å². The molecule has 0 radical (unpaired) electrons. The van der Waals surface area contributed by atoms with Crippen molar-refractivity contribution in [2.24, 2.45) is 0 Å². The number of para-hydroxylation sites is 1. The van der Waals surface area contributed by atoms with E-state index in [2.05, 4.69) is 5.32 Å². The number of rotatable bonds is 5. The Morgan fingerprint density at radius 3 is 1.73 bits per heavy atom. The fourth-order valence-electron chi connectivity index (χ4n) is 3.58. The quantitative estimate of drug-likeness (QED) is 0.208. The number of carboxylic acids is 3. The van der Waals surface area contributed by atoms with E-state index in [1.807, 2.05) is 14.1 Å². The van der Waals surface area contributed by atoms with Gasteiger partial charge in [0.2, 0.25) is 0 Å². The minimum Gasteiger partial charge on any atom is -0.478 e. The number of aromatic carboxylic acids is 3. The molecule has 0 bridgehead atoms. The highest BCUT2D eigenvalue weighted by Crippen LogP contribution is 2.33. The van der Waals surface area contributed by atoms with Gasteiger partial charge >= 0.3 is 24.1 Å². The lowest BCUT2D eigenvalue weighted by molar-refractivity contribution is -0.137. The molecule has 0 aliphatic carbocycles. The van der Waals surface area contributed by atoms with Crippen molar-refractivity contribution in [1.29, 1.82) is 0 Å². The van der Waals surface area contributed by atoms with Crippen molar-refractivity contribution in [3.63, 3.8) is 0 Å². The first-order valence-corrected chi connectivity index (χ1v) is 11.7. The Bertz CT molecular complexity index is 1490. The zero-order valence-electron chi connectivity index (χ0n) is 22.0. The van der Waals surface area contributed by atoms with Gasteiger partial charge in [0.15, 0.2) is 0 Å². The van der Waals surface area contributed by atoms with Gasteiger partial charge in [0, 0.05) is 12.4 Å². The summed E-state index contributed by atoms with van der Waals surface area (Å²) < 4.78 is 52.3. The van der Waals surface area contributed by atoms with Crippen LogP contribution in [0.5, 0.6) is 0 Å². The third-order valence-electron chi connectivity index (χ3n) is 5.47. The second-order valence-corrected chi connectivity index (χ2v) is 8.44. The van der Waals surface area contributed by atoms with Crippen molar-refractivity contribution in [2.75, 3.05) is 14.1 Å². The zero-order chi connectivity index (χ0) is 30.9. The maximum Gasteiger partial charge on any atom is 0.418 e. The number of hydrogen-bond donors (Lipinski definition) is 4. The number of carboxylic acid groups (broad SMARTS) is 3. The molecule has 4 aromatic rings. The summed E-state index contributed by atoms with van der Waals surface area (Å²) in [5.41, 5.74) is 0.0353. The van der Waals surface area contributed by atoms with E-state index < -0.39 is 35.5 Å². The van der Waals surface area contributed by atoms with Gasteiger partial charge in [-0.05, 0) is 80.2 Å². The van der Waals surface area contributed by atoms with Crippen molar-refractivity contribution in [3.8, 4) is 16.8 Å². The molecule has 0 amide bonds. The molecule has 41 heavy (non-hydrogen) atoms. The topological polar surface area (TPSA) is 129 Å². The maximum atomic E-state index is 12.9. The summed E-state index contributed by atoms with van der Waals surface area (Å²) in [5.74, 6) is -4.00. The Kier molecular flexibility index (Phi) is 10.9. The molecular formula is C29H26F4N2O6. The lowest BCUT2D eigenvalue weighted by Gasteiger charge is -2.13. The van der Waals surface area contributed by atoms with Crippen molar-refractivity contribution >= 4 is 17.9 Å². The summed E-state index contributed by atoms with van der Waals surface area (Å²) in [5, 5.41) is 29.8. The average molecular weight is 575 g/mol. The van der Waals surface area contributed by atoms with E-state index in [0.29, 0.717) is 11.1 Å². The predicted octanol–water partition coefficient (Wildman–Crippen LogP) is 6.23. The van der Waals surface area contributed by atoms with Gasteiger partial charge in [0.25, 0.3) is 0 Å². The first-order chi connectivity index (χ1) is 19.2. The average Bonchev–Trinajstić information content (AvgIpc) is 3.40. The minimum absolute atomic E-state index is 0.0630. The third kappa shape index (κ3) is 8.51. The van der Waals surface area contributed by atoms with E-state index in [9.17, 15) is 31.9 Å². The molecule has 8 nitrogen and oxygen atoms in total. The molecule has 0 aliphatic rings. The number of halogens is 4. The summed E-state index contributed by atoms with van der Waals surface area (Å²) in [6.07, 6.45) is -2.05. The van der Waals surface area contributed by atoms with Crippen LogP contribution in [0.2, 0.25) is 0 Å². The fraction of sp³-hybridized carbons (Fsp3) is 0.138. The highest BCUT2D eigenvalue weighted by atomic mass is 19.4. The van der Waals surface area contributed by atoms with Gasteiger partial charge in [-0.2, -0.15) is 13.2 Å². The molecule has 1 aromatic heterocycles. The molecule has 0 atom stereocenters. The molecule has 12 heteroatoms. The largest absolute Gasteiger partial charge is 0.478 e. The molecule has 0 saturated carbocycles. The minimum atomic E-state index is -4.48. The standard InChI is InChI=1S/C15H11FO4.C12H8F3NO2.C2H7N/c1-8-12(14(17)18)6-10(7-13(8)15(19)20)9-2-4-11(16)5-3-9;13-12(14,15)9-3-1-2-4-10(9)16-6-5-8(7-16)11(17)18;1-3-2/h2-7H,1H3,(H,17,18)(H,19,20);1-7H,(H,17,18);3H,1-2H3. The molecule has 4 N–H and O–H groups in total. The van der Waals surface area contributed by atoms with Crippen molar-refractivity contribution < 1.29 is 47.3 Å². The number of nitrogens with one attached hydrogen (secondary N) is 1. The van der Waals surface area contributed by atoms with Gasteiger partial charge in [-0.3, -0.25) is 0 Å². The van der Waals surface area contributed by atoms with Crippen LogP contribution in [-0.4, -0.2) is 51.9 Å². The smallest absolute Gasteiger partial charge is 0.418 e. The van der Waals surface area contributed by atoms with E-state index in [1.165, 1.54) is 73.8 Å². The van der Waals surface area contributed by atoms with E-state index >= 15 is 0 Å². The first-order valence-electron chi connectivity index (χ1n) is 11.7. The van der Waals surface area contributed by atoms with Crippen molar-refractivity contribution in [1.82, 2.24) is 9.88 Å². The molecular weight excluding hydrogens is 548 g/mol. The first kappa shape index (κ1) is 32.2. The molecule has 4 rings (SSSR count). The maximum absolute atomic E-state index is 12.9. The second kappa shape index (κ2) is 13.9. The van der Waals surface area contributed by atoms with Crippen LogP contribution in [0.25, 0.3) is 16.8 Å². The molecule has 0 aliphatic heterocycles. The summed E-state index contributed by atoms with van der Waals surface area (Å²) in [6.45, 7) is 1.45. The number of benzene rings is 3. The number of hydrogen-bond acceptors (Lipinski definition) is 4. The molecule has 1 heterocycles. The Labute approximate surface area is 232 Å². The van der Waals surface area contributed by atoms with Crippen molar-refractivity contribution in [2.45, 2.75) is 13.1 Å². The molecule has 0 spiro atoms. The summed E-state index contributed by atoms with van der Waals surface area (Å²) in [7, 11) is 3.75. The van der Waals surface area contributed by atoms with Crippen LogP contribution in [-0.2, 0) is 6.18 Å².